The van der Waals surface area contributed by atoms with Crippen LogP contribution in [-0.4, -0.2) is 27.8 Å². The van der Waals surface area contributed by atoms with Gasteiger partial charge in [0.15, 0.2) is 11.5 Å². The number of pyridine rings is 1. The number of rotatable bonds is 6. The van der Waals surface area contributed by atoms with Gasteiger partial charge in [-0.3, -0.25) is 4.79 Å². The van der Waals surface area contributed by atoms with Gasteiger partial charge in [-0.15, -0.1) is 0 Å². The number of nitrogens with zero attached hydrogens (tertiary/aromatic N) is 3. The summed E-state index contributed by atoms with van der Waals surface area (Å²) in [6.07, 6.45) is 2.05. The molecule has 1 amide bonds. The van der Waals surface area contributed by atoms with Gasteiger partial charge >= 0.3 is 0 Å². The first-order chi connectivity index (χ1) is 14.1. The van der Waals surface area contributed by atoms with Gasteiger partial charge in [0.05, 0.1) is 18.0 Å². The van der Waals surface area contributed by atoms with Crippen molar-refractivity contribution in [1.82, 2.24) is 14.8 Å². The Labute approximate surface area is 169 Å². The van der Waals surface area contributed by atoms with Crippen LogP contribution in [0, 0.1) is 6.92 Å². The van der Waals surface area contributed by atoms with Crippen LogP contribution < -0.4 is 10.1 Å². The number of carbonyl (C=O) groups is 1. The van der Waals surface area contributed by atoms with Crippen LogP contribution >= 0.6 is 0 Å². The molecule has 148 valence electrons. The summed E-state index contributed by atoms with van der Waals surface area (Å²) in [5.74, 6) is 0.939. The van der Waals surface area contributed by atoms with Crippen molar-refractivity contribution in [2.45, 2.75) is 33.2 Å². The number of amides is 1. The third-order valence-corrected chi connectivity index (χ3v) is 5.04. The molecule has 0 spiro atoms. The van der Waals surface area contributed by atoms with E-state index in [-0.39, 0.29) is 5.91 Å². The Morgan fingerprint density at radius 2 is 2.00 bits per heavy atom. The summed E-state index contributed by atoms with van der Waals surface area (Å²) in [5, 5.41) is 9.52. The van der Waals surface area contributed by atoms with Crippen LogP contribution in [0.4, 0.5) is 5.82 Å². The number of hydrogen-bond donors (Lipinski definition) is 1. The topological polar surface area (TPSA) is 69.0 Å². The van der Waals surface area contributed by atoms with E-state index in [0.29, 0.717) is 17.1 Å². The zero-order valence-electron chi connectivity index (χ0n) is 16.9. The molecule has 0 radical (unpaired) electrons. The molecule has 6 nitrogen and oxygen atoms in total. The molecular formula is C23H24N4O2. The van der Waals surface area contributed by atoms with Gasteiger partial charge in [0.25, 0.3) is 5.91 Å². The van der Waals surface area contributed by atoms with Gasteiger partial charge in [0.1, 0.15) is 5.75 Å². The molecule has 0 atom stereocenters. The van der Waals surface area contributed by atoms with E-state index in [9.17, 15) is 4.79 Å². The third-order valence-electron chi connectivity index (χ3n) is 5.04. The zero-order valence-corrected chi connectivity index (χ0v) is 16.9. The molecule has 0 unspecified atom stereocenters. The minimum absolute atomic E-state index is 0.227. The zero-order chi connectivity index (χ0) is 20.4. The van der Waals surface area contributed by atoms with E-state index >= 15 is 0 Å². The predicted molar refractivity (Wildman–Crippen MR) is 116 cm³/mol. The van der Waals surface area contributed by atoms with Crippen molar-refractivity contribution in [1.29, 1.82) is 0 Å². The Morgan fingerprint density at radius 3 is 2.79 bits per heavy atom. The van der Waals surface area contributed by atoms with Crippen molar-refractivity contribution >= 4 is 33.7 Å². The molecule has 29 heavy (non-hydrogen) atoms. The average Bonchev–Trinajstić information content (AvgIpc) is 3.07. The fourth-order valence-corrected chi connectivity index (χ4v) is 3.43. The summed E-state index contributed by atoms with van der Waals surface area (Å²) in [5.41, 5.74) is 3.39. The second-order valence-electron chi connectivity index (χ2n) is 7.12. The summed E-state index contributed by atoms with van der Waals surface area (Å²) in [7, 11) is 1.58. The maximum Gasteiger partial charge on any atom is 0.257 e. The van der Waals surface area contributed by atoms with Gasteiger partial charge < -0.3 is 10.1 Å². The third kappa shape index (κ3) is 3.66. The number of aryl methyl sites for hydroxylation is 2. The molecule has 1 N–H and O–H groups in total. The molecule has 2 aromatic carbocycles. The Bertz CT molecular complexity index is 1200. The quantitative estimate of drug-likeness (QED) is 0.507. The minimum Gasteiger partial charge on any atom is -0.497 e. The Morgan fingerprint density at radius 1 is 1.17 bits per heavy atom. The van der Waals surface area contributed by atoms with E-state index in [1.54, 1.807) is 25.3 Å². The van der Waals surface area contributed by atoms with Gasteiger partial charge in [-0.25, -0.2) is 9.67 Å². The van der Waals surface area contributed by atoms with E-state index in [0.717, 1.165) is 46.9 Å². The maximum atomic E-state index is 12.8. The number of anilines is 1. The van der Waals surface area contributed by atoms with Crippen LogP contribution in [0.2, 0.25) is 0 Å². The molecule has 4 aromatic rings. The lowest BCUT2D eigenvalue weighted by molar-refractivity contribution is 0.102. The number of carbonyl (C=O) groups excluding carboxylic acids is 1. The molecule has 6 heteroatoms. The van der Waals surface area contributed by atoms with Gasteiger partial charge in [-0.1, -0.05) is 37.6 Å². The van der Waals surface area contributed by atoms with Gasteiger partial charge in [-0.2, -0.15) is 5.10 Å². The van der Waals surface area contributed by atoms with E-state index in [1.165, 1.54) is 0 Å². The summed E-state index contributed by atoms with van der Waals surface area (Å²) >= 11 is 0. The van der Waals surface area contributed by atoms with E-state index in [1.807, 2.05) is 22.9 Å². The lowest BCUT2D eigenvalue weighted by Crippen LogP contribution is -2.13. The van der Waals surface area contributed by atoms with Crippen molar-refractivity contribution in [3.05, 3.63) is 59.7 Å². The number of fused-ring (bicyclic) bond motifs is 2. The fraction of sp³-hybridized carbons (Fsp3) is 0.261. The molecule has 0 fully saturated rings. The molecule has 0 saturated carbocycles. The van der Waals surface area contributed by atoms with Crippen LogP contribution in [0.1, 0.15) is 35.7 Å². The summed E-state index contributed by atoms with van der Waals surface area (Å²) in [4.78, 5) is 17.7. The molecule has 0 bridgehead atoms. The molecule has 0 aliphatic heterocycles. The highest BCUT2D eigenvalue weighted by atomic mass is 16.5. The molecule has 4 rings (SSSR count). The summed E-state index contributed by atoms with van der Waals surface area (Å²) < 4.78 is 7.12. The molecular weight excluding hydrogens is 364 g/mol. The number of aromatic nitrogens is 3. The number of hydrogen-bond acceptors (Lipinski definition) is 4. The minimum atomic E-state index is -0.227. The first-order valence-corrected chi connectivity index (χ1v) is 9.83. The monoisotopic (exact) mass is 388 g/mol. The van der Waals surface area contributed by atoms with E-state index in [2.05, 4.69) is 36.4 Å². The van der Waals surface area contributed by atoms with Crippen LogP contribution in [0.3, 0.4) is 0 Å². The number of para-hydroxylation sites is 1. The Balaban J connectivity index is 1.79. The highest BCUT2D eigenvalue weighted by Crippen LogP contribution is 2.28. The van der Waals surface area contributed by atoms with Crippen molar-refractivity contribution in [3.8, 4) is 5.75 Å². The van der Waals surface area contributed by atoms with Gasteiger partial charge in [-0.05, 0) is 43.2 Å². The SMILES string of the molecule is CCCCn1nc(NC(=O)c2cccc(OC)c2)c2cc3cccc(C)c3nc21. The van der Waals surface area contributed by atoms with Crippen LogP contribution in [0.25, 0.3) is 21.9 Å². The largest absolute Gasteiger partial charge is 0.497 e. The van der Waals surface area contributed by atoms with Crippen molar-refractivity contribution in [3.63, 3.8) is 0 Å². The first-order valence-electron chi connectivity index (χ1n) is 9.83. The molecule has 0 aliphatic rings. The molecule has 2 aromatic heterocycles. The number of unbranched alkanes of at least 4 members (excludes halogenated alkanes) is 1. The predicted octanol–water partition coefficient (Wildman–Crippen LogP) is 4.95. The standard InChI is InChI=1S/C23H24N4O2/c1-4-5-12-27-22-19(14-16-9-6-8-15(2)20(16)24-22)21(26-27)25-23(28)17-10-7-11-18(13-17)29-3/h6-11,13-14H,4-5,12H2,1-3H3,(H,25,26,28). The number of ether oxygens (including phenoxy) is 1. The number of benzene rings is 2. The lowest BCUT2D eigenvalue weighted by atomic mass is 10.1. The Kier molecular flexibility index (Phi) is 5.16. The van der Waals surface area contributed by atoms with Crippen molar-refractivity contribution in [2.75, 3.05) is 12.4 Å². The van der Waals surface area contributed by atoms with Crippen molar-refractivity contribution < 1.29 is 9.53 Å². The molecule has 0 saturated heterocycles. The van der Waals surface area contributed by atoms with Crippen LogP contribution in [0.15, 0.2) is 48.5 Å². The second-order valence-corrected chi connectivity index (χ2v) is 7.12. The highest BCUT2D eigenvalue weighted by molar-refractivity contribution is 6.09. The summed E-state index contributed by atoms with van der Waals surface area (Å²) in [6.45, 7) is 4.95. The normalized spacial score (nSPS) is 11.1. The summed E-state index contributed by atoms with van der Waals surface area (Å²) in [6, 6.07) is 15.2. The van der Waals surface area contributed by atoms with Crippen molar-refractivity contribution in [2.24, 2.45) is 0 Å². The van der Waals surface area contributed by atoms with Gasteiger partial charge in [0, 0.05) is 17.5 Å². The average molecular weight is 388 g/mol. The molecule has 0 aliphatic carbocycles. The van der Waals surface area contributed by atoms with Crippen LogP contribution in [0.5, 0.6) is 5.75 Å². The maximum absolute atomic E-state index is 12.8. The highest BCUT2D eigenvalue weighted by Gasteiger charge is 2.17. The first kappa shape index (κ1) is 18.9. The molecule has 2 heterocycles. The van der Waals surface area contributed by atoms with E-state index in [4.69, 9.17) is 9.72 Å². The van der Waals surface area contributed by atoms with Gasteiger partial charge in [0.2, 0.25) is 0 Å². The number of nitrogens with one attached hydrogen (secondary N) is 1. The van der Waals surface area contributed by atoms with Crippen LogP contribution in [-0.2, 0) is 6.54 Å². The Hall–Kier alpha value is -3.41. The van der Waals surface area contributed by atoms with E-state index < -0.39 is 0 Å². The fourth-order valence-electron chi connectivity index (χ4n) is 3.43. The number of methoxy groups -OCH3 is 1. The smallest absolute Gasteiger partial charge is 0.257 e. The second kappa shape index (κ2) is 7.91. The lowest BCUT2D eigenvalue weighted by Gasteiger charge is -2.05.